The van der Waals surface area contributed by atoms with E-state index < -0.39 is 11.9 Å². The van der Waals surface area contributed by atoms with Crippen molar-refractivity contribution in [2.45, 2.75) is 6.92 Å². The average Bonchev–Trinajstić information content (AvgIpc) is 3.43. The Kier molecular flexibility index (Phi) is 6.14. The van der Waals surface area contributed by atoms with Crippen LogP contribution in [0.4, 0.5) is 0 Å². The first-order chi connectivity index (χ1) is 15.8. The molecule has 9 heteroatoms. The number of carbonyl (C=O) groups is 3. The van der Waals surface area contributed by atoms with Crippen LogP contribution < -0.4 is 56.1 Å². The fourth-order valence-electron chi connectivity index (χ4n) is 3.92. The second-order valence-corrected chi connectivity index (χ2v) is 7.49. The minimum atomic E-state index is -1.35. The molecular formula is C25H15N2NaO6. The third-order valence-corrected chi connectivity index (χ3v) is 5.40. The van der Waals surface area contributed by atoms with Crippen molar-refractivity contribution in [1.82, 2.24) is 4.57 Å². The van der Waals surface area contributed by atoms with Crippen LogP contribution in [-0.4, -0.2) is 27.5 Å². The van der Waals surface area contributed by atoms with Gasteiger partial charge < -0.3 is 19.4 Å². The Morgan fingerprint density at radius 3 is 2.47 bits per heavy atom. The van der Waals surface area contributed by atoms with E-state index in [2.05, 4.69) is 4.99 Å². The van der Waals surface area contributed by atoms with Crippen molar-refractivity contribution >= 4 is 46.4 Å². The van der Waals surface area contributed by atoms with E-state index in [1.807, 2.05) is 0 Å². The molecule has 0 aliphatic carbocycles. The molecule has 5 rings (SSSR count). The average molecular weight is 462 g/mol. The number of carboxylic acid groups (broad SMARTS) is 1. The van der Waals surface area contributed by atoms with E-state index in [4.69, 9.17) is 4.42 Å². The number of hydrogen-bond donors (Lipinski definition) is 1. The number of nitrogens with zero attached hydrogens (tertiary/aromatic N) is 2. The summed E-state index contributed by atoms with van der Waals surface area (Å²) in [5.74, 6) is -2.39. The topological polar surface area (TPSA) is 125 Å². The SMILES string of the molecule is CC(=O)n1c(O)c(C=c2ccc(=CC3=c4cc(C(=O)[O-])ccc4=NC3=O)o2)c2ccccc21.[Na+]. The number of benzene rings is 2. The molecule has 3 heterocycles. The zero-order valence-electron chi connectivity index (χ0n) is 18.2. The summed E-state index contributed by atoms with van der Waals surface area (Å²) < 4.78 is 7.02. The maximum absolute atomic E-state index is 12.4. The quantitative estimate of drug-likeness (QED) is 0.317. The van der Waals surface area contributed by atoms with Crippen LogP contribution >= 0.6 is 0 Å². The molecular weight excluding hydrogens is 447 g/mol. The molecule has 0 atom stereocenters. The summed E-state index contributed by atoms with van der Waals surface area (Å²) >= 11 is 0. The van der Waals surface area contributed by atoms with Crippen LogP contribution in [0.2, 0.25) is 0 Å². The Labute approximate surface area is 213 Å². The van der Waals surface area contributed by atoms with Gasteiger partial charge in [0.05, 0.1) is 22.4 Å². The zero-order valence-corrected chi connectivity index (χ0v) is 20.2. The Hall–Kier alpha value is -3.72. The number of hydrogen-bond acceptors (Lipinski definition) is 6. The number of aromatic hydroxyl groups is 1. The molecule has 1 aliphatic rings. The van der Waals surface area contributed by atoms with Gasteiger partial charge in [-0.15, -0.1) is 0 Å². The summed E-state index contributed by atoms with van der Waals surface area (Å²) in [5.41, 5.74) is 1.85. The fourth-order valence-corrected chi connectivity index (χ4v) is 3.92. The van der Waals surface area contributed by atoms with Crippen LogP contribution in [0.25, 0.3) is 28.6 Å². The number of aromatic nitrogens is 1. The molecule has 0 fully saturated rings. The first-order valence-corrected chi connectivity index (χ1v) is 9.95. The van der Waals surface area contributed by atoms with Crippen molar-refractivity contribution in [3.8, 4) is 5.88 Å². The predicted octanol–water partition coefficient (Wildman–Crippen LogP) is -3.41. The van der Waals surface area contributed by atoms with E-state index in [9.17, 15) is 24.6 Å². The number of aromatic carboxylic acids is 1. The van der Waals surface area contributed by atoms with Crippen LogP contribution in [0.1, 0.15) is 27.6 Å². The Morgan fingerprint density at radius 2 is 1.76 bits per heavy atom. The van der Waals surface area contributed by atoms with Crippen LogP contribution in [0.15, 0.2) is 64.0 Å². The molecule has 162 valence electrons. The maximum Gasteiger partial charge on any atom is 1.00 e. The van der Waals surface area contributed by atoms with Gasteiger partial charge in [0.1, 0.15) is 10.8 Å². The van der Waals surface area contributed by atoms with E-state index in [0.717, 1.165) is 0 Å². The molecule has 1 amide bonds. The molecule has 2 aromatic carbocycles. The molecule has 34 heavy (non-hydrogen) atoms. The van der Waals surface area contributed by atoms with Crippen molar-refractivity contribution in [3.05, 3.63) is 87.1 Å². The first-order valence-electron chi connectivity index (χ1n) is 9.95. The predicted molar refractivity (Wildman–Crippen MR) is 116 cm³/mol. The molecule has 0 spiro atoms. The Morgan fingerprint density at radius 1 is 1.06 bits per heavy atom. The number of carbonyl (C=O) groups excluding carboxylic acids is 3. The summed E-state index contributed by atoms with van der Waals surface area (Å²) in [6.07, 6.45) is 3.08. The molecule has 4 aromatic rings. The van der Waals surface area contributed by atoms with Crippen LogP contribution in [0.5, 0.6) is 5.88 Å². The van der Waals surface area contributed by atoms with Gasteiger partial charge in [-0.3, -0.25) is 14.2 Å². The van der Waals surface area contributed by atoms with Crippen molar-refractivity contribution in [2.75, 3.05) is 0 Å². The van der Waals surface area contributed by atoms with Gasteiger partial charge in [-0.25, -0.2) is 4.99 Å². The monoisotopic (exact) mass is 462 g/mol. The van der Waals surface area contributed by atoms with Crippen molar-refractivity contribution in [1.29, 1.82) is 0 Å². The molecule has 8 nitrogen and oxygen atoms in total. The van der Waals surface area contributed by atoms with Gasteiger partial charge >= 0.3 is 29.6 Å². The second kappa shape index (κ2) is 8.90. The van der Waals surface area contributed by atoms with Crippen molar-refractivity contribution in [3.63, 3.8) is 0 Å². The fraction of sp³-hybridized carbons (Fsp3) is 0.0400. The minimum absolute atomic E-state index is 0. The molecule has 0 saturated carbocycles. The zero-order chi connectivity index (χ0) is 23.3. The molecule has 1 aliphatic heterocycles. The van der Waals surface area contributed by atoms with Crippen LogP contribution in [-0.2, 0) is 4.79 Å². The molecule has 0 bridgehead atoms. The first kappa shape index (κ1) is 23.4. The Balaban J connectivity index is 0.00000274. The minimum Gasteiger partial charge on any atom is -0.545 e. The van der Waals surface area contributed by atoms with E-state index >= 15 is 0 Å². The number of amides is 1. The van der Waals surface area contributed by atoms with Gasteiger partial charge in [0.15, 0.2) is 0 Å². The molecule has 0 unspecified atom stereocenters. The van der Waals surface area contributed by atoms with E-state index in [1.165, 1.54) is 35.8 Å². The third kappa shape index (κ3) is 3.92. The summed E-state index contributed by atoms with van der Waals surface area (Å²) in [5, 5.41) is 23.2. The number of para-hydroxylation sites is 1. The van der Waals surface area contributed by atoms with Crippen LogP contribution in [0.3, 0.4) is 0 Å². The van der Waals surface area contributed by atoms with E-state index in [1.54, 1.807) is 42.5 Å². The van der Waals surface area contributed by atoms with E-state index in [-0.39, 0.29) is 52.5 Å². The van der Waals surface area contributed by atoms with Gasteiger partial charge in [0.25, 0.3) is 5.91 Å². The Bertz CT molecular complexity index is 1760. The van der Waals surface area contributed by atoms with Crippen molar-refractivity contribution < 1.29 is 58.6 Å². The number of rotatable bonds is 3. The van der Waals surface area contributed by atoms with Crippen LogP contribution in [0, 0.1) is 0 Å². The van der Waals surface area contributed by atoms with Gasteiger partial charge in [-0.2, -0.15) is 0 Å². The number of carboxylic acids is 1. The maximum atomic E-state index is 12.4. The normalized spacial score (nSPS) is 13.7. The summed E-state index contributed by atoms with van der Waals surface area (Å²) in [7, 11) is 0. The second-order valence-electron chi connectivity index (χ2n) is 7.49. The van der Waals surface area contributed by atoms with Crippen molar-refractivity contribution in [2.24, 2.45) is 4.99 Å². The largest absolute Gasteiger partial charge is 1.00 e. The molecule has 2 aromatic heterocycles. The summed E-state index contributed by atoms with van der Waals surface area (Å²) in [6, 6.07) is 14.5. The van der Waals surface area contributed by atoms with Gasteiger partial charge in [-0.1, -0.05) is 24.3 Å². The molecule has 1 N–H and O–H groups in total. The van der Waals surface area contributed by atoms with Gasteiger partial charge in [-0.05, 0) is 48.0 Å². The van der Waals surface area contributed by atoms with Gasteiger partial charge in [0.2, 0.25) is 11.8 Å². The third-order valence-electron chi connectivity index (χ3n) is 5.40. The number of fused-ring (bicyclic) bond motifs is 2. The molecule has 0 saturated heterocycles. The van der Waals surface area contributed by atoms with E-state index in [0.29, 0.717) is 37.9 Å². The number of furan rings is 1. The summed E-state index contributed by atoms with van der Waals surface area (Å²) in [6.45, 7) is 1.36. The molecule has 0 radical (unpaired) electrons. The van der Waals surface area contributed by atoms with Gasteiger partial charge in [0, 0.05) is 23.1 Å². The standard InChI is InChI=1S/C25H16N2O6.Na/c1-13(28)27-22-5-3-2-4-17(22)20(24(27)30)12-16-8-7-15(33-16)11-19-18-10-14(25(31)32)6-9-21(18)26-23(19)29;/h2-12,30H,1H3,(H,31,32);/q;+1/p-1. The summed E-state index contributed by atoms with van der Waals surface area (Å²) in [4.78, 5) is 39.5. The smallest absolute Gasteiger partial charge is 0.545 e.